The normalized spacial score (nSPS) is 18.0. The highest BCUT2D eigenvalue weighted by molar-refractivity contribution is 5.01. The standard InChI is InChI=1S/C12H21N3/c1-3-15-11(8-9-14-15)6-7-12(13-2)10-4-5-10/h8-10,12-13H,3-7H2,1-2H3. The molecule has 15 heavy (non-hydrogen) atoms. The van der Waals surface area contributed by atoms with E-state index in [-0.39, 0.29) is 0 Å². The molecule has 1 saturated carbocycles. The van der Waals surface area contributed by atoms with Crippen molar-refractivity contribution in [2.45, 2.75) is 45.2 Å². The van der Waals surface area contributed by atoms with Crippen molar-refractivity contribution in [3.8, 4) is 0 Å². The third-order valence-corrected chi connectivity index (χ3v) is 3.38. The lowest BCUT2D eigenvalue weighted by atomic mass is 10.1. The number of hydrogen-bond donors (Lipinski definition) is 1. The second-order valence-corrected chi connectivity index (χ2v) is 4.41. The van der Waals surface area contributed by atoms with Gasteiger partial charge in [0.15, 0.2) is 0 Å². The van der Waals surface area contributed by atoms with E-state index >= 15 is 0 Å². The Morgan fingerprint density at radius 2 is 2.40 bits per heavy atom. The molecule has 84 valence electrons. The van der Waals surface area contributed by atoms with E-state index in [0.29, 0.717) is 6.04 Å². The number of nitrogens with zero attached hydrogens (tertiary/aromatic N) is 2. The molecule has 1 fully saturated rings. The lowest BCUT2D eigenvalue weighted by Gasteiger charge is -2.15. The molecule has 0 amide bonds. The fourth-order valence-corrected chi connectivity index (χ4v) is 2.27. The second kappa shape index (κ2) is 4.79. The summed E-state index contributed by atoms with van der Waals surface area (Å²) in [6.07, 6.45) is 7.13. The van der Waals surface area contributed by atoms with Gasteiger partial charge in [-0.2, -0.15) is 5.10 Å². The van der Waals surface area contributed by atoms with E-state index in [1.165, 1.54) is 25.0 Å². The largest absolute Gasteiger partial charge is 0.317 e. The highest BCUT2D eigenvalue weighted by Gasteiger charge is 2.29. The molecule has 1 atom stereocenters. The topological polar surface area (TPSA) is 29.9 Å². The van der Waals surface area contributed by atoms with Crippen LogP contribution in [0, 0.1) is 5.92 Å². The third kappa shape index (κ3) is 2.59. The van der Waals surface area contributed by atoms with E-state index in [0.717, 1.165) is 18.9 Å². The molecule has 1 aliphatic rings. The summed E-state index contributed by atoms with van der Waals surface area (Å²) < 4.78 is 2.10. The Labute approximate surface area is 91.9 Å². The molecular weight excluding hydrogens is 186 g/mol. The summed E-state index contributed by atoms with van der Waals surface area (Å²) in [6, 6.07) is 2.86. The van der Waals surface area contributed by atoms with Gasteiger partial charge in [0.25, 0.3) is 0 Å². The summed E-state index contributed by atoms with van der Waals surface area (Å²) in [5.41, 5.74) is 1.37. The van der Waals surface area contributed by atoms with E-state index in [2.05, 4.69) is 35.1 Å². The Balaban J connectivity index is 1.85. The molecule has 1 N–H and O–H groups in total. The summed E-state index contributed by atoms with van der Waals surface area (Å²) in [4.78, 5) is 0. The number of aryl methyl sites for hydroxylation is 2. The van der Waals surface area contributed by atoms with Crippen molar-refractivity contribution in [3.05, 3.63) is 18.0 Å². The van der Waals surface area contributed by atoms with E-state index in [4.69, 9.17) is 0 Å². The van der Waals surface area contributed by atoms with Crippen molar-refractivity contribution in [1.82, 2.24) is 15.1 Å². The predicted octanol–water partition coefficient (Wildman–Crippen LogP) is 1.83. The smallest absolute Gasteiger partial charge is 0.0492 e. The highest BCUT2D eigenvalue weighted by atomic mass is 15.3. The Bertz CT molecular complexity index is 302. The Morgan fingerprint density at radius 1 is 1.60 bits per heavy atom. The Kier molecular flexibility index (Phi) is 3.41. The number of nitrogens with one attached hydrogen (secondary N) is 1. The van der Waals surface area contributed by atoms with Crippen LogP contribution in [0.25, 0.3) is 0 Å². The first kappa shape index (κ1) is 10.7. The molecule has 1 aromatic heterocycles. The van der Waals surface area contributed by atoms with Crippen LogP contribution < -0.4 is 5.32 Å². The lowest BCUT2D eigenvalue weighted by molar-refractivity contribution is 0.461. The molecule has 0 aliphatic heterocycles. The maximum atomic E-state index is 4.30. The molecule has 1 unspecified atom stereocenters. The minimum absolute atomic E-state index is 0.713. The monoisotopic (exact) mass is 207 g/mol. The van der Waals surface area contributed by atoms with E-state index in [9.17, 15) is 0 Å². The molecule has 0 saturated heterocycles. The Hall–Kier alpha value is -0.830. The van der Waals surface area contributed by atoms with Crippen LogP contribution in [0.1, 0.15) is 31.9 Å². The van der Waals surface area contributed by atoms with Crippen LogP contribution in [0.3, 0.4) is 0 Å². The van der Waals surface area contributed by atoms with Gasteiger partial charge in [-0.3, -0.25) is 4.68 Å². The second-order valence-electron chi connectivity index (χ2n) is 4.41. The van der Waals surface area contributed by atoms with Crippen LogP contribution >= 0.6 is 0 Å². The minimum atomic E-state index is 0.713. The zero-order valence-electron chi connectivity index (χ0n) is 9.74. The molecule has 3 nitrogen and oxygen atoms in total. The molecule has 1 heterocycles. The summed E-state index contributed by atoms with van der Waals surface area (Å²) in [6.45, 7) is 3.13. The van der Waals surface area contributed by atoms with Crippen molar-refractivity contribution in [3.63, 3.8) is 0 Å². The number of hydrogen-bond acceptors (Lipinski definition) is 2. The quantitative estimate of drug-likeness (QED) is 0.771. The summed E-state index contributed by atoms with van der Waals surface area (Å²) >= 11 is 0. The fourth-order valence-electron chi connectivity index (χ4n) is 2.27. The van der Waals surface area contributed by atoms with Crippen LogP contribution in [-0.2, 0) is 13.0 Å². The van der Waals surface area contributed by atoms with Gasteiger partial charge in [0.1, 0.15) is 0 Å². The van der Waals surface area contributed by atoms with Crippen molar-refractivity contribution < 1.29 is 0 Å². The van der Waals surface area contributed by atoms with E-state index in [1.54, 1.807) is 0 Å². The SMILES string of the molecule is CCn1nccc1CCC(NC)C1CC1. The minimum Gasteiger partial charge on any atom is -0.317 e. The van der Waals surface area contributed by atoms with Crippen LogP contribution in [0.4, 0.5) is 0 Å². The van der Waals surface area contributed by atoms with Gasteiger partial charge in [0.2, 0.25) is 0 Å². The highest BCUT2D eigenvalue weighted by Crippen LogP contribution is 2.34. The van der Waals surface area contributed by atoms with Crippen LogP contribution in [0.2, 0.25) is 0 Å². The average Bonchev–Trinajstić information content (AvgIpc) is 2.98. The van der Waals surface area contributed by atoms with E-state index < -0.39 is 0 Å². The van der Waals surface area contributed by atoms with Crippen molar-refractivity contribution >= 4 is 0 Å². The summed E-state index contributed by atoms with van der Waals surface area (Å²) in [5.74, 6) is 0.938. The first-order valence-corrected chi connectivity index (χ1v) is 6.03. The van der Waals surface area contributed by atoms with Crippen LogP contribution in [0.5, 0.6) is 0 Å². The van der Waals surface area contributed by atoms with Gasteiger partial charge in [-0.25, -0.2) is 0 Å². The van der Waals surface area contributed by atoms with Gasteiger partial charge in [0, 0.05) is 24.5 Å². The predicted molar refractivity (Wildman–Crippen MR) is 61.8 cm³/mol. The van der Waals surface area contributed by atoms with Gasteiger partial charge in [-0.05, 0) is 51.6 Å². The molecule has 0 radical (unpaired) electrons. The molecule has 0 bridgehead atoms. The lowest BCUT2D eigenvalue weighted by Crippen LogP contribution is -2.28. The summed E-state index contributed by atoms with van der Waals surface area (Å²) in [5, 5.41) is 7.73. The summed E-state index contributed by atoms with van der Waals surface area (Å²) in [7, 11) is 2.08. The Morgan fingerprint density at radius 3 is 3.00 bits per heavy atom. The van der Waals surface area contributed by atoms with Crippen LogP contribution in [0.15, 0.2) is 12.3 Å². The van der Waals surface area contributed by atoms with Gasteiger partial charge < -0.3 is 5.32 Å². The van der Waals surface area contributed by atoms with Gasteiger partial charge >= 0.3 is 0 Å². The van der Waals surface area contributed by atoms with E-state index in [1.807, 2.05) is 6.20 Å². The average molecular weight is 207 g/mol. The maximum absolute atomic E-state index is 4.30. The van der Waals surface area contributed by atoms with Crippen molar-refractivity contribution in [1.29, 1.82) is 0 Å². The first-order valence-electron chi connectivity index (χ1n) is 6.03. The third-order valence-electron chi connectivity index (χ3n) is 3.38. The van der Waals surface area contributed by atoms with Crippen molar-refractivity contribution in [2.24, 2.45) is 5.92 Å². The van der Waals surface area contributed by atoms with Gasteiger partial charge in [-0.15, -0.1) is 0 Å². The molecular formula is C12H21N3. The molecule has 0 spiro atoms. The molecule has 3 heteroatoms. The van der Waals surface area contributed by atoms with Crippen molar-refractivity contribution in [2.75, 3.05) is 7.05 Å². The number of rotatable bonds is 6. The maximum Gasteiger partial charge on any atom is 0.0492 e. The van der Waals surface area contributed by atoms with Crippen LogP contribution in [-0.4, -0.2) is 22.9 Å². The molecule has 0 aromatic carbocycles. The molecule has 1 aromatic rings. The van der Waals surface area contributed by atoms with Gasteiger partial charge in [-0.1, -0.05) is 0 Å². The molecule has 2 rings (SSSR count). The van der Waals surface area contributed by atoms with Gasteiger partial charge in [0.05, 0.1) is 0 Å². The fraction of sp³-hybridized carbons (Fsp3) is 0.750. The molecule has 1 aliphatic carbocycles. The zero-order valence-corrected chi connectivity index (χ0v) is 9.74. The first-order chi connectivity index (χ1) is 7.35. The zero-order chi connectivity index (χ0) is 10.7. The number of aromatic nitrogens is 2.